The SMILES string of the molecule is Cc1ccc(F)cc1S(=O)(=O)NC1CC(O)C1. The van der Waals surface area contributed by atoms with E-state index in [1.165, 1.54) is 12.1 Å². The first-order valence-electron chi connectivity index (χ1n) is 5.35. The van der Waals surface area contributed by atoms with Crippen molar-refractivity contribution in [3.63, 3.8) is 0 Å². The third-order valence-electron chi connectivity index (χ3n) is 2.87. The molecule has 0 saturated heterocycles. The highest BCUT2D eigenvalue weighted by atomic mass is 32.2. The number of sulfonamides is 1. The van der Waals surface area contributed by atoms with Crippen molar-refractivity contribution < 1.29 is 17.9 Å². The molecule has 0 radical (unpaired) electrons. The van der Waals surface area contributed by atoms with Gasteiger partial charge in [0.25, 0.3) is 0 Å². The lowest BCUT2D eigenvalue weighted by molar-refractivity contribution is 0.0712. The summed E-state index contributed by atoms with van der Waals surface area (Å²) in [6.45, 7) is 1.61. The number of benzene rings is 1. The average Bonchev–Trinajstić information content (AvgIpc) is 2.19. The van der Waals surface area contributed by atoms with Gasteiger partial charge in [-0.15, -0.1) is 0 Å². The van der Waals surface area contributed by atoms with Crippen molar-refractivity contribution in [3.05, 3.63) is 29.6 Å². The van der Waals surface area contributed by atoms with Gasteiger partial charge in [0, 0.05) is 6.04 Å². The largest absolute Gasteiger partial charge is 0.393 e. The van der Waals surface area contributed by atoms with Gasteiger partial charge in [0.15, 0.2) is 0 Å². The minimum atomic E-state index is -3.70. The lowest BCUT2D eigenvalue weighted by Gasteiger charge is -2.31. The molecule has 0 aliphatic heterocycles. The summed E-state index contributed by atoms with van der Waals surface area (Å²) in [5, 5.41) is 9.09. The van der Waals surface area contributed by atoms with Crippen molar-refractivity contribution in [1.82, 2.24) is 4.72 Å². The van der Waals surface area contributed by atoms with E-state index in [0.29, 0.717) is 18.4 Å². The molecular formula is C11H14FNO3S. The summed E-state index contributed by atoms with van der Waals surface area (Å²) in [5.74, 6) is -0.579. The zero-order valence-corrected chi connectivity index (χ0v) is 10.2. The Kier molecular flexibility index (Phi) is 3.20. The van der Waals surface area contributed by atoms with Gasteiger partial charge in [0.05, 0.1) is 11.0 Å². The Morgan fingerprint density at radius 3 is 2.65 bits per heavy atom. The second-order valence-electron chi connectivity index (χ2n) is 4.35. The van der Waals surface area contributed by atoms with Crippen LogP contribution in [0.3, 0.4) is 0 Å². The number of halogens is 1. The highest BCUT2D eigenvalue weighted by molar-refractivity contribution is 7.89. The van der Waals surface area contributed by atoms with Gasteiger partial charge in [-0.25, -0.2) is 17.5 Å². The molecule has 2 rings (SSSR count). The molecule has 0 atom stereocenters. The fraction of sp³-hybridized carbons (Fsp3) is 0.455. The van der Waals surface area contributed by atoms with Crippen LogP contribution in [0.15, 0.2) is 23.1 Å². The Morgan fingerprint density at radius 1 is 1.41 bits per heavy atom. The van der Waals surface area contributed by atoms with Gasteiger partial charge < -0.3 is 5.11 Å². The Bertz CT molecular complexity index is 524. The molecule has 0 amide bonds. The van der Waals surface area contributed by atoms with Gasteiger partial charge in [-0.3, -0.25) is 0 Å². The van der Waals surface area contributed by atoms with Crippen molar-refractivity contribution >= 4 is 10.0 Å². The summed E-state index contributed by atoms with van der Waals surface area (Å²) in [4.78, 5) is -0.0427. The molecule has 1 aliphatic rings. The predicted octanol–water partition coefficient (Wildman–Crippen LogP) is 0.936. The monoisotopic (exact) mass is 259 g/mol. The maximum absolute atomic E-state index is 13.0. The smallest absolute Gasteiger partial charge is 0.241 e. The van der Waals surface area contributed by atoms with Crippen LogP contribution in [0.4, 0.5) is 4.39 Å². The van der Waals surface area contributed by atoms with Gasteiger partial charge in [0.2, 0.25) is 10.0 Å². The molecule has 1 fully saturated rings. The van der Waals surface area contributed by atoms with Crippen LogP contribution >= 0.6 is 0 Å². The van der Waals surface area contributed by atoms with Gasteiger partial charge in [-0.1, -0.05) is 6.07 Å². The lowest BCUT2D eigenvalue weighted by atomic mass is 9.91. The maximum Gasteiger partial charge on any atom is 0.241 e. The second kappa shape index (κ2) is 4.36. The lowest BCUT2D eigenvalue weighted by Crippen LogP contribution is -2.46. The molecule has 94 valence electrons. The molecule has 6 heteroatoms. The molecule has 0 bridgehead atoms. The first-order chi connectivity index (χ1) is 7.88. The quantitative estimate of drug-likeness (QED) is 0.849. The first kappa shape index (κ1) is 12.5. The van der Waals surface area contributed by atoms with E-state index >= 15 is 0 Å². The molecule has 17 heavy (non-hydrogen) atoms. The van der Waals surface area contributed by atoms with E-state index in [1.54, 1.807) is 6.92 Å². The van der Waals surface area contributed by atoms with Crippen LogP contribution in [0.2, 0.25) is 0 Å². The topological polar surface area (TPSA) is 66.4 Å². The van der Waals surface area contributed by atoms with Crippen LogP contribution in [0.1, 0.15) is 18.4 Å². The van der Waals surface area contributed by atoms with E-state index in [0.717, 1.165) is 6.07 Å². The van der Waals surface area contributed by atoms with E-state index in [9.17, 15) is 12.8 Å². The van der Waals surface area contributed by atoms with Crippen molar-refractivity contribution in [1.29, 1.82) is 0 Å². The minimum absolute atomic E-state index is 0.0427. The van der Waals surface area contributed by atoms with Crippen LogP contribution in [-0.2, 0) is 10.0 Å². The zero-order valence-electron chi connectivity index (χ0n) is 9.35. The van der Waals surface area contributed by atoms with Gasteiger partial charge in [0.1, 0.15) is 5.82 Å². The zero-order chi connectivity index (χ0) is 12.6. The first-order valence-corrected chi connectivity index (χ1v) is 6.83. The Hall–Kier alpha value is -0.980. The summed E-state index contributed by atoms with van der Waals surface area (Å²) in [5.41, 5.74) is 0.499. The van der Waals surface area contributed by atoms with Crippen molar-refractivity contribution in [3.8, 4) is 0 Å². The number of aryl methyl sites for hydroxylation is 1. The second-order valence-corrected chi connectivity index (χ2v) is 6.04. The highest BCUT2D eigenvalue weighted by Gasteiger charge is 2.31. The van der Waals surface area contributed by atoms with Crippen LogP contribution in [0.5, 0.6) is 0 Å². The Balaban J connectivity index is 2.22. The van der Waals surface area contributed by atoms with Crippen molar-refractivity contribution in [2.24, 2.45) is 0 Å². The highest BCUT2D eigenvalue weighted by Crippen LogP contribution is 2.23. The van der Waals surface area contributed by atoms with Crippen LogP contribution in [-0.4, -0.2) is 25.7 Å². The van der Waals surface area contributed by atoms with E-state index in [-0.39, 0.29) is 10.9 Å². The van der Waals surface area contributed by atoms with Crippen LogP contribution in [0.25, 0.3) is 0 Å². The number of hydrogen-bond acceptors (Lipinski definition) is 3. The Morgan fingerprint density at radius 2 is 2.06 bits per heavy atom. The number of hydrogen-bond donors (Lipinski definition) is 2. The standard InChI is InChI=1S/C11H14FNO3S/c1-7-2-3-8(12)4-11(7)17(15,16)13-9-5-10(14)6-9/h2-4,9-10,13-14H,5-6H2,1H3. The third kappa shape index (κ3) is 2.65. The fourth-order valence-corrected chi connectivity index (χ4v) is 3.35. The molecule has 1 saturated carbocycles. The third-order valence-corrected chi connectivity index (χ3v) is 4.54. The summed E-state index contributed by atoms with van der Waals surface area (Å²) in [6, 6.07) is 3.41. The molecule has 0 unspecified atom stereocenters. The molecule has 1 aromatic rings. The molecular weight excluding hydrogens is 245 g/mol. The number of aliphatic hydroxyl groups is 1. The molecule has 0 spiro atoms. The van der Waals surface area contributed by atoms with Gasteiger partial charge in [-0.2, -0.15) is 0 Å². The number of aliphatic hydroxyl groups excluding tert-OH is 1. The normalized spacial score (nSPS) is 24.4. The number of nitrogens with one attached hydrogen (secondary N) is 1. The van der Waals surface area contributed by atoms with Gasteiger partial charge in [-0.05, 0) is 37.5 Å². The molecule has 0 heterocycles. The van der Waals surface area contributed by atoms with E-state index in [4.69, 9.17) is 5.11 Å². The molecule has 1 aromatic carbocycles. The summed E-state index contributed by atoms with van der Waals surface area (Å²) in [6.07, 6.45) is 0.387. The van der Waals surface area contributed by atoms with E-state index in [1.807, 2.05) is 0 Å². The van der Waals surface area contributed by atoms with Crippen molar-refractivity contribution in [2.75, 3.05) is 0 Å². The van der Waals surface area contributed by atoms with Crippen molar-refractivity contribution in [2.45, 2.75) is 36.8 Å². The van der Waals surface area contributed by atoms with E-state index < -0.39 is 21.9 Å². The fourth-order valence-electron chi connectivity index (χ4n) is 1.83. The van der Waals surface area contributed by atoms with Crippen LogP contribution < -0.4 is 4.72 Å². The molecule has 2 N–H and O–H groups in total. The summed E-state index contributed by atoms with van der Waals surface area (Å²) in [7, 11) is -3.70. The molecule has 0 aromatic heterocycles. The maximum atomic E-state index is 13.0. The van der Waals surface area contributed by atoms with Crippen LogP contribution in [0, 0.1) is 12.7 Å². The summed E-state index contributed by atoms with van der Waals surface area (Å²) >= 11 is 0. The summed E-state index contributed by atoms with van der Waals surface area (Å²) < 4.78 is 39.4. The Labute approximate surface area is 99.5 Å². The molecule has 4 nitrogen and oxygen atoms in total. The van der Waals surface area contributed by atoms with Gasteiger partial charge >= 0.3 is 0 Å². The predicted molar refractivity (Wildman–Crippen MR) is 60.5 cm³/mol. The number of rotatable bonds is 3. The average molecular weight is 259 g/mol. The molecule has 1 aliphatic carbocycles. The van der Waals surface area contributed by atoms with E-state index in [2.05, 4.69) is 4.72 Å². The minimum Gasteiger partial charge on any atom is -0.393 e.